The first-order chi connectivity index (χ1) is 7.16. The van der Waals surface area contributed by atoms with Crippen molar-refractivity contribution in [3.8, 4) is 0 Å². The van der Waals surface area contributed by atoms with E-state index in [-0.39, 0.29) is 16.8 Å². The molecule has 0 radical (unpaired) electrons. The predicted molar refractivity (Wildman–Crippen MR) is 57.4 cm³/mol. The Morgan fingerprint density at radius 2 is 2.20 bits per heavy atom. The number of nitrogens with one attached hydrogen (secondary N) is 1. The standard InChI is InChI=1S/C11H11ClFNO/c12-9-6-8(4-5-10(9)13)14-11(15)7-2-1-3-7/h4-7H,1-3H2,(H,14,15). The molecule has 2 rings (SSSR count). The number of benzene rings is 1. The molecule has 1 aliphatic carbocycles. The average Bonchev–Trinajstić information content (AvgIpc) is 2.08. The SMILES string of the molecule is O=C(Nc1ccc(F)c(Cl)c1)C1CCC1. The second-order valence-electron chi connectivity index (χ2n) is 3.75. The maximum Gasteiger partial charge on any atom is 0.227 e. The van der Waals surface area contributed by atoms with E-state index in [9.17, 15) is 9.18 Å². The van der Waals surface area contributed by atoms with Crippen LogP contribution in [0, 0.1) is 11.7 Å². The third-order valence-corrected chi connectivity index (χ3v) is 2.95. The van der Waals surface area contributed by atoms with E-state index in [1.165, 1.54) is 18.2 Å². The molecule has 80 valence electrons. The van der Waals surface area contributed by atoms with Gasteiger partial charge in [0.15, 0.2) is 0 Å². The van der Waals surface area contributed by atoms with Gasteiger partial charge in [0, 0.05) is 11.6 Å². The molecule has 0 spiro atoms. The maximum absolute atomic E-state index is 12.8. The second-order valence-corrected chi connectivity index (χ2v) is 4.15. The summed E-state index contributed by atoms with van der Waals surface area (Å²) in [6.07, 6.45) is 3.00. The van der Waals surface area contributed by atoms with E-state index in [1.54, 1.807) is 0 Å². The smallest absolute Gasteiger partial charge is 0.227 e. The van der Waals surface area contributed by atoms with Crippen LogP contribution in [-0.2, 0) is 4.79 Å². The van der Waals surface area contributed by atoms with E-state index < -0.39 is 5.82 Å². The number of rotatable bonds is 2. The number of carbonyl (C=O) groups is 1. The van der Waals surface area contributed by atoms with Crippen molar-refractivity contribution < 1.29 is 9.18 Å². The molecule has 0 aromatic heterocycles. The Hall–Kier alpha value is -1.09. The van der Waals surface area contributed by atoms with Crippen LogP contribution in [-0.4, -0.2) is 5.91 Å². The van der Waals surface area contributed by atoms with Gasteiger partial charge in [-0.2, -0.15) is 0 Å². The van der Waals surface area contributed by atoms with Crippen LogP contribution in [0.2, 0.25) is 5.02 Å². The van der Waals surface area contributed by atoms with Gasteiger partial charge in [-0.25, -0.2) is 4.39 Å². The van der Waals surface area contributed by atoms with Crippen molar-refractivity contribution in [2.75, 3.05) is 5.32 Å². The zero-order chi connectivity index (χ0) is 10.8. The largest absolute Gasteiger partial charge is 0.326 e. The van der Waals surface area contributed by atoms with Crippen molar-refractivity contribution in [3.05, 3.63) is 29.0 Å². The third-order valence-electron chi connectivity index (χ3n) is 2.66. The molecule has 1 amide bonds. The Bertz CT molecular complexity index is 390. The fraction of sp³-hybridized carbons (Fsp3) is 0.364. The third kappa shape index (κ3) is 2.29. The molecule has 2 nitrogen and oxygen atoms in total. The zero-order valence-electron chi connectivity index (χ0n) is 8.09. The van der Waals surface area contributed by atoms with Gasteiger partial charge >= 0.3 is 0 Å². The first kappa shape index (κ1) is 10.4. The van der Waals surface area contributed by atoms with Crippen molar-refractivity contribution >= 4 is 23.2 Å². The van der Waals surface area contributed by atoms with Gasteiger partial charge in [-0.05, 0) is 31.0 Å². The highest BCUT2D eigenvalue weighted by Crippen LogP contribution is 2.28. The number of carbonyl (C=O) groups excluding carboxylic acids is 1. The molecule has 0 unspecified atom stereocenters. The van der Waals surface area contributed by atoms with Crippen LogP contribution in [0.25, 0.3) is 0 Å². The molecule has 15 heavy (non-hydrogen) atoms. The summed E-state index contributed by atoms with van der Waals surface area (Å²) >= 11 is 5.60. The lowest BCUT2D eigenvalue weighted by Gasteiger charge is -2.24. The summed E-state index contributed by atoms with van der Waals surface area (Å²) in [5.41, 5.74) is 0.554. The van der Waals surface area contributed by atoms with Crippen LogP contribution >= 0.6 is 11.6 Å². The van der Waals surface area contributed by atoms with Crippen LogP contribution in [0.5, 0.6) is 0 Å². The van der Waals surface area contributed by atoms with Crippen molar-refractivity contribution in [1.82, 2.24) is 0 Å². The lowest BCUT2D eigenvalue weighted by atomic mass is 9.85. The number of amides is 1. The Morgan fingerprint density at radius 1 is 1.47 bits per heavy atom. The zero-order valence-corrected chi connectivity index (χ0v) is 8.85. The molecule has 0 atom stereocenters. The predicted octanol–water partition coefficient (Wildman–Crippen LogP) is 3.22. The molecule has 0 heterocycles. The summed E-state index contributed by atoms with van der Waals surface area (Å²) < 4.78 is 12.8. The van der Waals surface area contributed by atoms with Crippen molar-refractivity contribution in [2.45, 2.75) is 19.3 Å². The first-order valence-corrected chi connectivity index (χ1v) is 5.30. The van der Waals surface area contributed by atoms with Gasteiger partial charge in [-0.1, -0.05) is 18.0 Å². The normalized spacial score (nSPS) is 15.9. The maximum atomic E-state index is 12.8. The highest BCUT2D eigenvalue weighted by molar-refractivity contribution is 6.31. The average molecular weight is 228 g/mol. The molecular formula is C11H11ClFNO. The molecule has 1 aromatic rings. The number of hydrogen-bond acceptors (Lipinski definition) is 1. The Balaban J connectivity index is 2.03. The molecule has 1 aromatic carbocycles. The Kier molecular flexibility index (Phi) is 2.91. The van der Waals surface area contributed by atoms with Gasteiger partial charge < -0.3 is 5.32 Å². The summed E-state index contributed by atoms with van der Waals surface area (Å²) in [5.74, 6) is -0.351. The minimum absolute atomic E-state index is 0.00363. The molecule has 1 aliphatic rings. The van der Waals surface area contributed by atoms with E-state index in [0.29, 0.717) is 5.69 Å². The van der Waals surface area contributed by atoms with Crippen LogP contribution in [0.1, 0.15) is 19.3 Å². The Labute approximate surface area is 92.4 Å². The number of anilines is 1. The highest BCUT2D eigenvalue weighted by Gasteiger charge is 2.25. The second kappa shape index (κ2) is 4.19. The van der Waals surface area contributed by atoms with Gasteiger partial charge in [0.25, 0.3) is 0 Å². The molecule has 0 saturated heterocycles. The van der Waals surface area contributed by atoms with E-state index in [1.807, 2.05) is 0 Å². The fourth-order valence-electron chi connectivity index (χ4n) is 1.49. The highest BCUT2D eigenvalue weighted by atomic mass is 35.5. The molecule has 1 N–H and O–H groups in total. The summed E-state index contributed by atoms with van der Waals surface area (Å²) in [6.45, 7) is 0. The van der Waals surface area contributed by atoms with Crippen molar-refractivity contribution in [3.63, 3.8) is 0 Å². The molecule has 0 bridgehead atoms. The summed E-state index contributed by atoms with van der Waals surface area (Å²) in [4.78, 5) is 11.5. The summed E-state index contributed by atoms with van der Waals surface area (Å²) in [5, 5.41) is 2.75. The lowest BCUT2D eigenvalue weighted by Crippen LogP contribution is -2.28. The molecular weight excluding hydrogens is 217 g/mol. The Morgan fingerprint density at radius 3 is 2.73 bits per heavy atom. The lowest BCUT2D eigenvalue weighted by molar-refractivity contribution is -0.122. The first-order valence-electron chi connectivity index (χ1n) is 4.93. The van der Waals surface area contributed by atoms with Crippen LogP contribution in [0.4, 0.5) is 10.1 Å². The summed E-state index contributed by atoms with van der Waals surface area (Å²) in [6, 6.07) is 4.18. The van der Waals surface area contributed by atoms with Crippen molar-refractivity contribution in [2.24, 2.45) is 5.92 Å². The van der Waals surface area contributed by atoms with Crippen LogP contribution < -0.4 is 5.32 Å². The minimum Gasteiger partial charge on any atom is -0.326 e. The van der Waals surface area contributed by atoms with Gasteiger partial charge in [-0.15, -0.1) is 0 Å². The van der Waals surface area contributed by atoms with Gasteiger partial charge in [0.05, 0.1) is 5.02 Å². The van der Waals surface area contributed by atoms with Gasteiger partial charge in [0.2, 0.25) is 5.91 Å². The number of halogens is 2. The van der Waals surface area contributed by atoms with Gasteiger partial charge in [0.1, 0.15) is 5.82 Å². The van der Waals surface area contributed by atoms with E-state index in [0.717, 1.165) is 19.3 Å². The minimum atomic E-state index is -0.474. The fourth-order valence-corrected chi connectivity index (χ4v) is 1.67. The van der Waals surface area contributed by atoms with Crippen molar-refractivity contribution in [1.29, 1.82) is 0 Å². The summed E-state index contributed by atoms with van der Waals surface area (Å²) in [7, 11) is 0. The van der Waals surface area contributed by atoms with E-state index in [4.69, 9.17) is 11.6 Å². The quantitative estimate of drug-likeness (QED) is 0.826. The van der Waals surface area contributed by atoms with E-state index >= 15 is 0 Å². The van der Waals surface area contributed by atoms with Gasteiger partial charge in [-0.3, -0.25) is 4.79 Å². The van der Waals surface area contributed by atoms with Crippen LogP contribution in [0.15, 0.2) is 18.2 Å². The molecule has 0 aliphatic heterocycles. The molecule has 4 heteroatoms. The number of hydrogen-bond donors (Lipinski definition) is 1. The van der Waals surface area contributed by atoms with E-state index in [2.05, 4.69) is 5.32 Å². The molecule has 1 saturated carbocycles. The topological polar surface area (TPSA) is 29.1 Å². The van der Waals surface area contributed by atoms with Crippen LogP contribution in [0.3, 0.4) is 0 Å². The molecule has 1 fully saturated rings. The monoisotopic (exact) mass is 227 g/mol.